The monoisotopic (exact) mass is 278 g/mol. The van der Waals surface area contributed by atoms with Gasteiger partial charge >= 0.3 is 5.97 Å². The van der Waals surface area contributed by atoms with Crippen LogP contribution in [0.2, 0.25) is 0 Å². The van der Waals surface area contributed by atoms with Gasteiger partial charge in [-0.3, -0.25) is 4.79 Å². The molecule has 0 bridgehead atoms. The van der Waals surface area contributed by atoms with E-state index in [4.69, 9.17) is 11.5 Å². The maximum absolute atomic E-state index is 11.3. The minimum Gasteiger partial charge on any atom is -0.481 e. The highest BCUT2D eigenvalue weighted by atomic mass is 16.4. The average Bonchev–Trinajstić information content (AvgIpc) is 2.39. The van der Waals surface area contributed by atoms with Crippen molar-refractivity contribution >= 4 is 5.97 Å². The van der Waals surface area contributed by atoms with E-state index in [0.29, 0.717) is 0 Å². The molecule has 4 nitrogen and oxygen atoms in total. The third-order valence-electron chi connectivity index (χ3n) is 4.92. The van der Waals surface area contributed by atoms with Crippen LogP contribution in [-0.4, -0.2) is 23.2 Å². The fourth-order valence-electron chi connectivity index (χ4n) is 3.54. The molecule has 0 amide bonds. The SMILES string of the molecule is CC(CC(=O)O)(C1=CCC(N)CC1)C1C=CC(N)CC1. The maximum atomic E-state index is 11.3. The van der Waals surface area contributed by atoms with Crippen LogP contribution in [0.15, 0.2) is 23.8 Å². The zero-order valence-electron chi connectivity index (χ0n) is 12.2. The van der Waals surface area contributed by atoms with E-state index in [1.807, 2.05) is 6.08 Å². The van der Waals surface area contributed by atoms with Crippen molar-refractivity contribution in [1.82, 2.24) is 0 Å². The van der Waals surface area contributed by atoms with Gasteiger partial charge in [-0.1, -0.05) is 30.7 Å². The summed E-state index contributed by atoms with van der Waals surface area (Å²) in [5.41, 5.74) is 12.8. The number of rotatable bonds is 4. The lowest BCUT2D eigenvalue weighted by Gasteiger charge is -2.41. The minimum absolute atomic E-state index is 0.120. The van der Waals surface area contributed by atoms with E-state index < -0.39 is 5.97 Å². The second-order valence-corrected chi connectivity index (χ2v) is 6.48. The van der Waals surface area contributed by atoms with Crippen molar-refractivity contribution in [3.05, 3.63) is 23.8 Å². The van der Waals surface area contributed by atoms with Crippen LogP contribution in [0, 0.1) is 11.3 Å². The molecular formula is C16H26N2O2. The molecule has 4 unspecified atom stereocenters. The first-order valence-corrected chi connectivity index (χ1v) is 7.52. The molecular weight excluding hydrogens is 252 g/mol. The quantitative estimate of drug-likeness (QED) is 0.688. The molecule has 0 fully saturated rings. The number of carboxylic acid groups (broad SMARTS) is 1. The average molecular weight is 278 g/mol. The normalized spacial score (nSPS) is 33.4. The third kappa shape index (κ3) is 3.30. The van der Waals surface area contributed by atoms with Crippen LogP contribution in [0.5, 0.6) is 0 Å². The number of carbonyl (C=O) groups is 1. The van der Waals surface area contributed by atoms with Crippen LogP contribution >= 0.6 is 0 Å². The lowest BCUT2D eigenvalue weighted by Crippen LogP contribution is -2.37. The molecule has 0 saturated heterocycles. The number of aliphatic carboxylic acids is 1. The van der Waals surface area contributed by atoms with Crippen molar-refractivity contribution < 1.29 is 9.90 Å². The molecule has 112 valence electrons. The Morgan fingerprint density at radius 1 is 1.35 bits per heavy atom. The Morgan fingerprint density at radius 2 is 2.10 bits per heavy atom. The lowest BCUT2D eigenvalue weighted by atomic mass is 9.63. The molecule has 20 heavy (non-hydrogen) atoms. The van der Waals surface area contributed by atoms with Crippen LogP contribution in [0.1, 0.15) is 45.4 Å². The van der Waals surface area contributed by atoms with Crippen molar-refractivity contribution in [2.45, 2.75) is 57.5 Å². The Labute approximate surface area is 120 Å². The molecule has 0 heterocycles. The highest BCUT2D eigenvalue weighted by molar-refractivity contribution is 5.68. The molecule has 5 N–H and O–H groups in total. The van der Waals surface area contributed by atoms with E-state index in [1.165, 1.54) is 5.57 Å². The molecule has 0 aromatic rings. The Bertz CT molecular complexity index is 430. The van der Waals surface area contributed by atoms with Gasteiger partial charge in [0.1, 0.15) is 0 Å². The van der Waals surface area contributed by atoms with Crippen molar-refractivity contribution in [3.63, 3.8) is 0 Å². The molecule has 0 aromatic heterocycles. The Balaban J connectivity index is 2.25. The summed E-state index contributed by atoms with van der Waals surface area (Å²) in [6.45, 7) is 2.09. The van der Waals surface area contributed by atoms with Crippen LogP contribution in [0.4, 0.5) is 0 Å². The summed E-state index contributed by atoms with van der Waals surface area (Å²) >= 11 is 0. The Morgan fingerprint density at radius 3 is 2.60 bits per heavy atom. The van der Waals surface area contributed by atoms with E-state index in [-0.39, 0.29) is 29.8 Å². The van der Waals surface area contributed by atoms with Crippen LogP contribution in [-0.2, 0) is 4.79 Å². The second-order valence-electron chi connectivity index (χ2n) is 6.48. The predicted octanol–water partition coefficient (Wildman–Crippen LogP) is 2.20. The Kier molecular flexibility index (Phi) is 4.66. The summed E-state index contributed by atoms with van der Waals surface area (Å²) in [4.78, 5) is 11.3. The highest BCUT2D eigenvalue weighted by Gasteiger charge is 2.39. The van der Waals surface area contributed by atoms with Gasteiger partial charge in [-0.05, 0) is 38.0 Å². The van der Waals surface area contributed by atoms with Crippen molar-refractivity contribution in [3.8, 4) is 0 Å². The first kappa shape index (κ1) is 15.3. The summed E-state index contributed by atoms with van der Waals surface area (Å²) < 4.78 is 0. The molecule has 0 saturated carbocycles. The summed E-state index contributed by atoms with van der Waals surface area (Å²) in [5, 5.41) is 9.31. The lowest BCUT2D eigenvalue weighted by molar-refractivity contribution is -0.139. The van der Waals surface area contributed by atoms with Gasteiger partial charge in [-0.25, -0.2) is 0 Å². The van der Waals surface area contributed by atoms with Gasteiger partial charge in [0, 0.05) is 17.5 Å². The van der Waals surface area contributed by atoms with Gasteiger partial charge in [0.25, 0.3) is 0 Å². The van der Waals surface area contributed by atoms with Gasteiger partial charge in [0.15, 0.2) is 0 Å². The first-order valence-electron chi connectivity index (χ1n) is 7.52. The third-order valence-corrected chi connectivity index (χ3v) is 4.92. The van der Waals surface area contributed by atoms with Crippen molar-refractivity contribution in [2.24, 2.45) is 22.8 Å². The Hall–Kier alpha value is -1.13. The number of hydrogen-bond acceptors (Lipinski definition) is 3. The minimum atomic E-state index is -0.730. The molecule has 0 spiro atoms. The summed E-state index contributed by atoms with van der Waals surface area (Å²) in [6.07, 6.45) is 11.2. The number of carboxylic acids is 1. The van der Waals surface area contributed by atoms with E-state index in [9.17, 15) is 9.90 Å². The number of nitrogens with two attached hydrogens (primary N) is 2. The molecule has 2 rings (SSSR count). The van der Waals surface area contributed by atoms with E-state index in [1.54, 1.807) is 0 Å². The number of hydrogen-bond donors (Lipinski definition) is 3. The van der Waals surface area contributed by atoms with E-state index >= 15 is 0 Å². The van der Waals surface area contributed by atoms with Gasteiger partial charge in [0.2, 0.25) is 0 Å². The van der Waals surface area contributed by atoms with E-state index in [0.717, 1.165) is 32.1 Å². The topological polar surface area (TPSA) is 89.3 Å². The van der Waals surface area contributed by atoms with Crippen molar-refractivity contribution in [2.75, 3.05) is 0 Å². The standard InChI is InChI=1S/C16H26N2O2/c1-16(10-15(19)20,11-2-6-13(17)7-3-11)12-4-8-14(18)9-5-12/h2,4,6,11,13-14H,3,5,7-10,17-18H2,1H3,(H,19,20). The zero-order chi connectivity index (χ0) is 14.8. The van der Waals surface area contributed by atoms with E-state index in [2.05, 4.69) is 19.1 Å². The molecule has 4 heteroatoms. The summed E-state index contributed by atoms with van der Waals surface area (Å²) in [6, 6.07) is 0.345. The smallest absolute Gasteiger partial charge is 0.304 e. The van der Waals surface area contributed by atoms with Crippen molar-refractivity contribution in [1.29, 1.82) is 0 Å². The van der Waals surface area contributed by atoms with Gasteiger partial charge < -0.3 is 16.6 Å². The second kappa shape index (κ2) is 6.10. The summed E-state index contributed by atoms with van der Waals surface area (Å²) in [7, 11) is 0. The zero-order valence-corrected chi connectivity index (χ0v) is 12.2. The molecule has 0 aromatic carbocycles. The predicted molar refractivity (Wildman–Crippen MR) is 80.1 cm³/mol. The fourth-order valence-corrected chi connectivity index (χ4v) is 3.54. The van der Waals surface area contributed by atoms with Crippen LogP contribution in [0.3, 0.4) is 0 Å². The fraction of sp³-hybridized carbons (Fsp3) is 0.688. The molecule has 4 atom stereocenters. The number of allylic oxidation sites excluding steroid dienone is 2. The van der Waals surface area contributed by atoms with Crippen LogP contribution in [0.25, 0.3) is 0 Å². The summed E-state index contributed by atoms with van der Waals surface area (Å²) in [5.74, 6) is -0.467. The molecule has 2 aliphatic rings. The van der Waals surface area contributed by atoms with Gasteiger partial charge in [-0.2, -0.15) is 0 Å². The van der Waals surface area contributed by atoms with Gasteiger partial charge in [0.05, 0.1) is 6.42 Å². The largest absolute Gasteiger partial charge is 0.481 e. The first-order chi connectivity index (χ1) is 9.41. The molecule has 2 aliphatic carbocycles. The maximum Gasteiger partial charge on any atom is 0.304 e. The molecule has 0 radical (unpaired) electrons. The van der Waals surface area contributed by atoms with Gasteiger partial charge in [-0.15, -0.1) is 0 Å². The molecule has 0 aliphatic heterocycles. The van der Waals surface area contributed by atoms with Crippen LogP contribution < -0.4 is 11.5 Å². The highest BCUT2D eigenvalue weighted by Crippen LogP contribution is 2.46.